The summed E-state index contributed by atoms with van der Waals surface area (Å²) in [5, 5.41) is 5.30. The van der Waals surface area contributed by atoms with Gasteiger partial charge in [0.05, 0.1) is 7.11 Å². The van der Waals surface area contributed by atoms with Crippen molar-refractivity contribution in [3.8, 4) is 5.75 Å². The number of benzene rings is 3. The number of hydrogen-bond donors (Lipinski definition) is 1. The third-order valence-electron chi connectivity index (χ3n) is 4.43. The first-order chi connectivity index (χ1) is 12.2. The summed E-state index contributed by atoms with van der Waals surface area (Å²) in [5.74, 6) is 0.928. The van der Waals surface area contributed by atoms with Crippen LogP contribution in [0.2, 0.25) is 0 Å². The van der Waals surface area contributed by atoms with Gasteiger partial charge in [-0.3, -0.25) is 4.79 Å². The second-order valence-corrected chi connectivity index (χ2v) is 6.26. The predicted octanol–water partition coefficient (Wildman–Crippen LogP) is 5.12. The molecule has 0 unspecified atom stereocenters. The molecule has 0 radical (unpaired) electrons. The summed E-state index contributed by atoms with van der Waals surface area (Å²) in [4.78, 5) is 12.2. The molecule has 3 nitrogen and oxygen atoms in total. The first-order valence-corrected chi connectivity index (χ1v) is 8.58. The number of hydrogen-bond acceptors (Lipinski definition) is 2. The fraction of sp³-hybridized carbons (Fsp3) is 0.227. The number of rotatable bonds is 6. The number of ether oxygens (including phenoxy) is 1. The number of amides is 1. The molecule has 3 aromatic rings. The lowest BCUT2D eigenvalue weighted by Crippen LogP contribution is -2.11. The van der Waals surface area contributed by atoms with Gasteiger partial charge >= 0.3 is 0 Å². The summed E-state index contributed by atoms with van der Waals surface area (Å²) in [5.41, 5.74) is 3.32. The first-order valence-electron chi connectivity index (χ1n) is 8.58. The number of anilines is 1. The van der Waals surface area contributed by atoms with Crippen molar-refractivity contribution in [2.45, 2.75) is 26.2 Å². The van der Waals surface area contributed by atoms with Gasteiger partial charge in [0, 0.05) is 12.1 Å². The van der Waals surface area contributed by atoms with Gasteiger partial charge in [0.1, 0.15) is 5.75 Å². The van der Waals surface area contributed by atoms with E-state index in [1.807, 2.05) is 42.5 Å². The molecular weight excluding hydrogens is 310 g/mol. The van der Waals surface area contributed by atoms with E-state index >= 15 is 0 Å². The second-order valence-electron chi connectivity index (χ2n) is 6.26. The van der Waals surface area contributed by atoms with E-state index in [-0.39, 0.29) is 5.91 Å². The Morgan fingerprint density at radius 1 is 1.00 bits per heavy atom. The van der Waals surface area contributed by atoms with Gasteiger partial charge in [0.25, 0.3) is 0 Å². The molecule has 3 heteroatoms. The zero-order chi connectivity index (χ0) is 17.6. The zero-order valence-corrected chi connectivity index (χ0v) is 14.7. The van der Waals surface area contributed by atoms with Crippen molar-refractivity contribution in [2.75, 3.05) is 12.4 Å². The minimum Gasteiger partial charge on any atom is -0.497 e. The van der Waals surface area contributed by atoms with Crippen LogP contribution in [0, 0.1) is 6.92 Å². The largest absolute Gasteiger partial charge is 0.497 e. The molecule has 3 aromatic carbocycles. The van der Waals surface area contributed by atoms with Crippen LogP contribution in [0.1, 0.15) is 24.0 Å². The standard InChI is InChI=1S/C22H23NO2/c1-16-14-21(25-2)13-11-17(16)8-5-9-22(24)23-20-12-10-18-6-3-4-7-19(18)15-20/h3-4,6-7,10-15H,5,8-9H2,1-2H3,(H,23,24). The van der Waals surface area contributed by atoms with Crippen molar-refractivity contribution in [1.82, 2.24) is 0 Å². The Hall–Kier alpha value is -2.81. The Morgan fingerprint density at radius 3 is 2.56 bits per heavy atom. The lowest BCUT2D eigenvalue weighted by Gasteiger charge is -2.09. The van der Waals surface area contributed by atoms with Crippen molar-refractivity contribution in [2.24, 2.45) is 0 Å². The molecule has 0 bridgehead atoms. The quantitative estimate of drug-likeness (QED) is 0.680. The molecule has 1 amide bonds. The Morgan fingerprint density at radius 2 is 1.80 bits per heavy atom. The van der Waals surface area contributed by atoms with Crippen LogP contribution in [0.5, 0.6) is 5.75 Å². The highest BCUT2D eigenvalue weighted by molar-refractivity contribution is 5.94. The summed E-state index contributed by atoms with van der Waals surface area (Å²) >= 11 is 0. The van der Waals surface area contributed by atoms with Crippen LogP contribution in [-0.4, -0.2) is 13.0 Å². The highest BCUT2D eigenvalue weighted by Crippen LogP contribution is 2.20. The third kappa shape index (κ3) is 4.38. The smallest absolute Gasteiger partial charge is 0.224 e. The summed E-state index contributed by atoms with van der Waals surface area (Å²) in [6.07, 6.45) is 2.23. The fourth-order valence-corrected chi connectivity index (χ4v) is 3.01. The monoisotopic (exact) mass is 333 g/mol. The minimum absolute atomic E-state index is 0.0569. The van der Waals surface area contributed by atoms with Gasteiger partial charge in [-0.15, -0.1) is 0 Å². The van der Waals surface area contributed by atoms with E-state index in [4.69, 9.17) is 4.74 Å². The molecule has 0 atom stereocenters. The molecule has 0 saturated heterocycles. The molecule has 0 spiro atoms. The van der Waals surface area contributed by atoms with Gasteiger partial charge in [-0.1, -0.05) is 36.4 Å². The van der Waals surface area contributed by atoms with E-state index in [0.29, 0.717) is 6.42 Å². The van der Waals surface area contributed by atoms with Gasteiger partial charge in [-0.05, 0) is 65.9 Å². The van der Waals surface area contributed by atoms with Crippen molar-refractivity contribution in [1.29, 1.82) is 0 Å². The Kier molecular flexibility index (Phi) is 5.34. The van der Waals surface area contributed by atoms with E-state index in [0.717, 1.165) is 29.7 Å². The summed E-state index contributed by atoms with van der Waals surface area (Å²) in [6.45, 7) is 2.08. The van der Waals surface area contributed by atoms with Gasteiger partial charge < -0.3 is 10.1 Å². The predicted molar refractivity (Wildman–Crippen MR) is 103 cm³/mol. The molecule has 0 aliphatic carbocycles. The maximum absolute atomic E-state index is 12.2. The number of nitrogens with one attached hydrogen (secondary N) is 1. The number of carbonyl (C=O) groups is 1. The van der Waals surface area contributed by atoms with Crippen LogP contribution in [0.25, 0.3) is 10.8 Å². The lowest BCUT2D eigenvalue weighted by atomic mass is 10.0. The number of aryl methyl sites for hydroxylation is 2. The molecule has 3 rings (SSSR count). The molecule has 0 aromatic heterocycles. The second kappa shape index (κ2) is 7.84. The highest BCUT2D eigenvalue weighted by atomic mass is 16.5. The van der Waals surface area contributed by atoms with Crippen LogP contribution in [-0.2, 0) is 11.2 Å². The average molecular weight is 333 g/mol. The molecule has 0 heterocycles. The Balaban J connectivity index is 1.54. The first kappa shape index (κ1) is 17.0. The number of methoxy groups -OCH3 is 1. The van der Waals surface area contributed by atoms with Crippen molar-refractivity contribution < 1.29 is 9.53 Å². The lowest BCUT2D eigenvalue weighted by molar-refractivity contribution is -0.116. The van der Waals surface area contributed by atoms with Gasteiger partial charge in [0.2, 0.25) is 5.91 Å². The zero-order valence-electron chi connectivity index (χ0n) is 14.7. The van der Waals surface area contributed by atoms with Gasteiger partial charge in [-0.25, -0.2) is 0 Å². The van der Waals surface area contributed by atoms with Crippen molar-refractivity contribution >= 4 is 22.4 Å². The van der Waals surface area contributed by atoms with E-state index < -0.39 is 0 Å². The topological polar surface area (TPSA) is 38.3 Å². The molecule has 0 saturated carbocycles. The van der Waals surface area contributed by atoms with Crippen LogP contribution >= 0.6 is 0 Å². The summed E-state index contributed by atoms with van der Waals surface area (Å²) in [6, 6.07) is 20.2. The third-order valence-corrected chi connectivity index (χ3v) is 4.43. The molecule has 0 aliphatic heterocycles. The molecule has 25 heavy (non-hydrogen) atoms. The Bertz CT molecular complexity index is 886. The summed E-state index contributed by atoms with van der Waals surface area (Å²) in [7, 11) is 1.67. The number of carbonyl (C=O) groups excluding carboxylic acids is 1. The maximum atomic E-state index is 12.2. The van der Waals surface area contributed by atoms with Gasteiger partial charge in [0.15, 0.2) is 0 Å². The van der Waals surface area contributed by atoms with Crippen LogP contribution in [0.4, 0.5) is 5.69 Å². The maximum Gasteiger partial charge on any atom is 0.224 e. The van der Waals surface area contributed by atoms with E-state index in [1.165, 1.54) is 16.5 Å². The van der Waals surface area contributed by atoms with Crippen LogP contribution in [0.15, 0.2) is 60.7 Å². The Labute approximate surface area is 148 Å². The van der Waals surface area contributed by atoms with Crippen molar-refractivity contribution in [3.63, 3.8) is 0 Å². The SMILES string of the molecule is COc1ccc(CCCC(=O)Nc2ccc3ccccc3c2)c(C)c1. The fourth-order valence-electron chi connectivity index (χ4n) is 3.01. The molecular formula is C22H23NO2. The number of fused-ring (bicyclic) bond motifs is 1. The van der Waals surface area contributed by atoms with Crippen molar-refractivity contribution in [3.05, 3.63) is 71.8 Å². The molecule has 0 aliphatic rings. The average Bonchev–Trinajstić information content (AvgIpc) is 2.63. The van der Waals surface area contributed by atoms with Gasteiger partial charge in [-0.2, -0.15) is 0 Å². The van der Waals surface area contributed by atoms with E-state index in [9.17, 15) is 4.79 Å². The van der Waals surface area contributed by atoms with Crippen LogP contribution < -0.4 is 10.1 Å². The normalized spacial score (nSPS) is 10.6. The minimum atomic E-state index is 0.0569. The van der Waals surface area contributed by atoms with Crippen LogP contribution in [0.3, 0.4) is 0 Å². The molecule has 0 fully saturated rings. The summed E-state index contributed by atoms with van der Waals surface area (Å²) < 4.78 is 5.23. The van der Waals surface area contributed by atoms with E-state index in [1.54, 1.807) is 7.11 Å². The molecule has 128 valence electrons. The molecule has 1 N–H and O–H groups in total. The highest BCUT2D eigenvalue weighted by Gasteiger charge is 2.05. The van der Waals surface area contributed by atoms with E-state index in [2.05, 4.69) is 30.4 Å².